The van der Waals surface area contributed by atoms with Gasteiger partial charge in [0.15, 0.2) is 11.4 Å². The highest BCUT2D eigenvalue weighted by Crippen LogP contribution is 2.42. The first-order chi connectivity index (χ1) is 11.0. The highest BCUT2D eigenvalue weighted by atomic mass is 79.9. The van der Waals surface area contributed by atoms with E-state index in [1.807, 2.05) is 26.0 Å². The molecule has 124 valence electrons. The normalized spacial score (nSPS) is 32.3. The van der Waals surface area contributed by atoms with Crippen molar-refractivity contribution < 1.29 is 14.6 Å². The molecule has 2 aromatic rings. The molecule has 0 bridgehead atoms. The summed E-state index contributed by atoms with van der Waals surface area (Å²) in [6.07, 6.45) is 2.35. The van der Waals surface area contributed by atoms with Gasteiger partial charge in [0.25, 0.3) is 0 Å². The minimum atomic E-state index is -0.620. The van der Waals surface area contributed by atoms with E-state index in [0.717, 1.165) is 22.5 Å². The van der Waals surface area contributed by atoms with Crippen LogP contribution in [0, 0.1) is 5.92 Å². The van der Waals surface area contributed by atoms with E-state index in [0.29, 0.717) is 0 Å². The van der Waals surface area contributed by atoms with Crippen molar-refractivity contribution in [2.75, 3.05) is 11.9 Å². The predicted octanol–water partition coefficient (Wildman–Crippen LogP) is 1.80. The average Bonchev–Trinajstić information content (AvgIpc) is 3.10. The minimum absolute atomic E-state index is 0.0486. The second-order valence-electron chi connectivity index (χ2n) is 6.56. The molecular weight excluding hydrogens is 364 g/mol. The number of aromatic nitrogens is 3. The van der Waals surface area contributed by atoms with Crippen LogP contribution in [0.1, 0.15) is 20.3 Å². The number of halogens is 1. The summed E-state index contributed by atoms with van der Waals surface area (Å²) >= 11 is 3.37. The first-order valence-electron chi connectivity index (χ1n) is 7.70. The molecule has 8 heteroatoms. The van der Waals surface area contributed by atoms with Gasteiger partial charge < -0.3 is 19.9 Å². The van der Waals surface area contributed by atoms with Crippen molar-refractivity contribution in [1.82, 2.24) is 14.6 Å². The van der Waals surface area contributed by atoms with Crippen LogP contribution in [0.2, 0.25) is 0 Å². The van der Waals surface area contributed by atoms with Crippen molar-refractivity contribution in [1.29, 1.82) is 0 Å². The lowest BCUT2D eigenvalue weighted by Gasteiger charge is -2.24. The van der Waals surface area contributed by atoms with E-state index in [-0.39, 0.29) is 30.8 Å². The molecule has 0 spiro atoms. The molecule has 3 heterocycles. The third-order valence-corrected chi connectivity index (χ3v) is 4.86. The van der Waals surface area contributed by atoms with E-state index in [2.05, 4.69) is 31.3 Å². The van der Waals surface area contributed by atoms with Crippen LogP contribution >= 0.6 is 15.9 Å². The van der Waals surface area contributed by atoms with Crippen molar-refractivity contribution in [2.45, 2.75) is 44.3 Å². The van der Waals surface area contributed by atoms with Crippen LogP contribution < -0.4 is 5.32 Å². The SMILES string of the molecule is CC1(C)O[C@@H]2[C@@H](CO)CC(Nc3ccnc4cc(Br)nn34)[C@@H]2O1. The van der Waals surface area contributed by atoms with Crippen molar-refractivity contribution >= 4 is 27.4 Å². The van der Waals surface area contributed by atoms with Crippen LogP contribution in [-0.4, -0.2) is 50.3 Å². The largest absolute Gasteiger partial charge is 0.396 e. The summed E-state index contributed by atoms with van der Waals surface area (Å²) in [5, 5.41) is 17.5. The summed E-state index contributed by atoms with van der Waals surface area (Å²) in [7, 11) is 0. The highest BCUT2D eigenvalue weighted by Gasteiger charge is 2.53. The van der Waals surface area contributed by atoms with Gasteiger partial charge >= 0.3 is 0 Å². The van der Waals surface area contributed by atoms with Gasteiger partial charge in [0.1, 0.15) is 16.5 Å². The Balaban J connectivity index is 1.63. The van der Waals surface area contributed by atoms with Gasteiger partial charge in [0.05, 0.1) is 12.1 Å². The topological polar surface area (TPSA) is 80.9 Å². The number of aliphatic hydroxyl groups excluding tert-OH is 1. The molecule has 0 amide bonds. The average molecular weight is 383 g/mol. The van der Waals surface area contributed by atoms with Gasteiger partial charge in [-0.05, 0) is 42.3 Å². The van der Waals surface area contributed by atoms with E-state index >= 15 is 0 Å². The van der Waals surface area contributed by atoms with Gasteiger partial charge in [-0.1, -0.05) is 0 Å². The smallest absolute Gasteiger partial charge is 0.163 e. The van der Waals surface area contributed by atoms with Crippen LogP contribution in [-0.2, 0) is 9.47 Å². The summed E-state index contributed by atoms with van der Waals surface area (Å²) in [6.45, 7) is 3.91. The first kappa shape index (κ1) is 15.3. The Morgan fingerprint density at radius 1 is 1.43 bits per heavy atom. The molecule has 2 fully saturated rings. The molecule has 4 rings (SSSR count). The maximum Gasteiger partial charge on any atom is 0.163 e. The first-order valence-corrected chi connectivity index (χ1v) is 8.49. The highest BCUT2D eigenvalue weighted by molar-refractivity contribution is 9.10. The predicted molar refractivity (Wildman–Crippen MR) is 87.1 cm³/mol. The number of aliphatic hydroxyl groups is 1. The summed E-state index contributed by atoms with van der Waals surface area (Å²) in [6, 6.07) is 3.79. The molecule has 1 aliphatic carbocycles. The Kier molecular flexibility index (Phi) is 3.60. The molecule has 1 saturated heterocycles. The van der Waals surface area contributed by atoms with Gasteiger partial charge in [-0.15, -0.1) is 0 Å². The number of rotatable bonds is 3. The van der Waals surface area contributed by atoms with Gasteiger partial charge in [-0.2, -0.15) is 9.61 Å². The fourth-order valence-electron chi connectivity index (χ4n) is 3.57. The zero-order chi connectivity index (χ0) is 16.2. The van der Waals surface area contributed by atoms with E-state index in [9.17, 15) is 5.11 Å². The molecule has 23 heavy (non-hydrogen) atoms. The molecular formula is C15H19BrN4O3. The lowest BCUT2D eigenvalue weighted by atomic mass is 10.1. The number of nitrogens with zero attached hydrogens (tertiary/aromatic N) is 3. The quantitative estimate of drug-likeness (QED) is 0.842. The number of fused-ring (bicyclic) bond motifs is 2. The molecule has 4 atom stereocenters. The molecule has 1 unspecified atom stereocenters. The van der Waals surface area contributed by atoms with Gasteiger partial charge in [-0.3, -0.25) is 0 Å². The molecule has 2 N–H and O–H groups in total. The number of anilines is 1. The Morgan fingerprint density at radius 3 is 3.00 bits per heavy atom. The lowest BCUT2D eigenvalue weighted by Crippen LogP contribution is -2.35. The van der Waals surface area contributed by atoms with Crippen molar-refractivity contribution in [2.24, 2.45) is 5.92 Å². The van der Waals surface area contributed by atoms with Crippen LogP contribution in [0.4, 0.5) is 5.82 Å². The van der Waals surface area contributed by atoms with E-state index in [4.69, 9.17) is 9.47 Å². The standard InChI is InChI=1S/C15H19BrN4O3/c1-15(2)22-13-8(7-21)5-9(14(13)23-15)18-11-3-4-17-12-6-10(16)19-20(11)12/h3-4,6,8-9,13-14,18,21H,5,7H2,1-2H3/t8-,9?,13-,14+/m1/s1. The number of nitrogens with one attached hydrogen (secondary N) is 1. The molecule has 7 nitrogen and oxygen atoms in total. The molecule has 2 aliphatic rings. The fourth-order valence-corrected chi connectivity index (χ4v) is 3.94. The van der Waals surface area contributed by atoms with E-state index in [1.165, 1.54) is 0 Å². The number of ether oxygens (including phenoxy) is 2. The fraction of sp³-hybridized carbons (Fsp3) is 0.600. The second kappa shape index (κ2) is 5.41. The van der Waals surface area contributed by atoms with Gasteiger partial charge in [0.2, 0.25) is 0 Å². The van der Waals surface area contributed by atoms with E-state index in [1.54, 1.807) is 10.7 Å². The molecule has 0 aromatic carbocycles. The monoisotopic (exact) mass is 382 g/mol. The summed E-state index contributed by atoms with van der Waals surface area (Å²) in [4.78, 5) is 4.29. The maximum absolute atomic E-state index is 9.65. The Morgan fingerprint density at radius 2 is 2.22 bits per heavy atom. The minimum Gasteiger partial charge on any atom is -0.396 e. The molecule has 2 aromatic heterocycles. The van der Waals surface area contributed by atoms with Crippen LogP contribution in [0.3, 0.4) is 0 Å². The van der Waals surface area contributed by atoms with Gasteiger partial charge in [0, 0.05) is 24.8 Å². The zero-order valence-corrected chi connectivity index (χ0v) is 14.5. The Hall–Kier alpha value is -1.22. The molecule has 1 saturated carbocycles. The van der Waals surface area contributed by atoms with Crippen molar-refractivity contribution in [3.05, 3.63) is 22.9 Å². The molecule has 1 aliphatic heterocycles. The lowest BCUT2D eigenvalue weighted by molar-refractivity contribution is -0.158. The summed E-state index contributed by atoms with van der Waals surface area (Å²) in [5.41, 5.74) is 0.763. The van der Waals surface area contributed by atoms with Crippen molar-refractivity contribution in [3.63, 3.8) is 0 Å². The number of hydrogen-bond acceptors (Lipinski definition) is 6. The van der Waals surface area contributed by atoms with E-state index < -0.39 is 5.79 Å². The Labute approximate surface area is 142 Å². The van der Waals surface area contributed by atoms with Crippen LogP contribution in [0.15, 0.2) is 22.9 Å². The second-order valence-corrected chi connectivity index (χ2v) is 7.37. The zero-order valence-electron chi connectivity index (χ0n) is 12.9. The molecule has 0 radical (unpaired) electrons. The third kappa shape index (κ3) is 2.63. The van der Waals surface area contributed by atoms with Gasteiger partial charge in [-0.25, -0.2) is 4.98 Å². The van der Waals surface area contributed by atoms with Crippen LogP contribution in [0.5, 0.6) is 0 Å². The maximum atomic E-state index is 9.65. The van der Waals surface area contributed by atoms with Crippen molar-refractivity contribution in [3.8, 4) is 0 Å². The number of hydrogen-bond donors (Lipinski definition) is 2. The Bertz CT molecular complexity index is 735. The summed E-state index contributed by atoms with van der Waals surface area (Å²) < 4.78 is 14.5. The van der Waals surface area contributed by atoms with Crippen LogP contribution in [0.25, 0.3) is 5.65 Å². The third-order valence-electron chi connectivity index (χ3n) is 4.48. The summed E-state index contributed by atoms with van der Waals surface area (Å²) in [5.74, 6) is 0.295.